The highest BCUT2D eigenvalue weighted by Crippen LogP contribution is 2.15. The molecule has 1 aromatic heterocycles. The van der Waals surface area contributed by atoms with Gasteiger partial charge in [0.15, 0.2) is 0 Å². The first-order valence-electron chi connectivity index (χ1n) is 7.84. The first-order chi connectivity index (χ1) is 10.2. The molecular formula is C17H23N3O. The first-order valence-corrected chi connectivity index (χ1v) is 7.84. The highest BCUT2D eigenvalue weighted by Gasteiger charge is 2.16. The zero-order valence-electron chi connectivity index (χ0n) is 12.6. The number of fused-ring (bicyclic) bond motifs is 1. The Bertz CT molecular complexity index is 658. The molecule has 0 bridgehead atoms. The Balaban J connectivity index is 1.69. The van der Waals surface area contributed by atoms with Gasteiger partial charge in [0.2, 0.25) is 0 Å². The van der Waals surface area contributed by atoms with Crippen molar-refractivity contribution in [3.63, 3.8) is 0 Å². The Morgan fingerprint density at radius 1 is 1.24 bits per heavy atom. The number of aromatic amines is 1. The Kier molecular flexibility index (Phi) is 4.25. The van der Waals surface area contributed by atoms with Crippen LogP contribution in [0.15, 0.2) is 35.1 Å². The third-order valence-corrected chi connectivity index (χ3v) is 4.36. The summed E-state index contributed by atoms with van der Waals surface area (Å²) in [5, 5.41) is 5.10. The maximum atomic E-state index is 12.0. The molecule has 1 saturated heterocycles. The van der Waals surface area contributed by atoms with Gasteiger partial charge in [0, 0.05) is 18.0 Å². The molecule has 0 spiro atoms. The molecule has 21 heavy (non-hydrogen) atoms. The topological polar surface area (TPSA) is 48.1 Å². The molecule has 1 atom stereocenters. The Morgan fingerprint density at radius 3 is 2.81 bits per heavy atom. The number of H-pyrrole nitrogens is 1. The van der Waals surface area contributed by atoms with Gasteiger partial charge in [-0.2, -0.15) is 0 Å². The minimum absolute atomic E-state index is 0.0266. The lowest BCUT2D eigenvalue weighted by Crippen LogP contribution is -2.41. The van der Waals surface area contributed by atoms with Crippen molar-refractivity contribution in [1.29, 1.82) is 0 Å². The fourth-order valence-electron chi connectivity index (χ4n) is 3.05. The van der Waals surface area contributed by atoms with Gasteiger partial charge < -0.3 is 10.3 Å². The molecule has 3 rings (SSSR count). The largest absolute Gasteiger partial charge is 0.370 e. The van der Waals surface area contributed by atoms with E-state index < -0.39 is 0 Å². The molecular weight excluding hydrogens is 262 g/mol. The van der Waals surface area contributed by atoms with Crippen molar-refractivity contribution < 1.29 is 0 Å². The number of anilines is 1. The maximum absolute atomic E-state index is 12.0. The zero-order chi connectivity index (χ0) is 14.7. The molecule has 0 aliphatic carbocycles. The Hall–Kier alpha value is -1.81. The van der Waals surface area contributed by atoms with E-state index in [0.717, 1.165) is 23.1 Å². The van der Waals surface area contributed by atoms with Crippen LogP contribution in [0.1, 0.15) is 26.2 Å². The van der Waals surface area contributed by atoms with E-state index in [0.29, 0.717) is 6.04 Å². The summed E-state index contributed by atoms with van der Waals surface area (Å²) in [7, 11) is 0. The molecule has 0 amide bonds. The van der Waals surface area contributed by atoms with E-state index in [-0.39, 0.29) is 5.56 Å². The zero-order valence-corrected chi connectivity index (χ0v) is 12.6. The van der Waals surface area contributed by atoms with Gasteiger partial charge in [-0.05, 0) is 50.4 Å². The van der Waals surface area contributed by atoms with E-state index in [1.807, 2.05) is 30.3 Å². The molecule has 1 fully saturated rings. The van der Waals surface area contributed by atoms with Crippen LogP contribution >= 0.6 is 0 Å². The summed E-state index contributed by atoms with van der Waals surface area (Å²) in [6.07, 6.45) is 3.96. The monoisotopic (exact) mass is 285 g/mol. The number of aromatic nitrogens is 1. The van der Waals surface area contributed by atoms with Crippen molar-refractivity contribution in [3.05, 3.63) is 40.7 Å². The van der Waals surface area contributed by atoms with Gasteiger partial charge in [-0.25, -0.2) is 0 Å². The van der Waals surface area contributed by atoms with E-state index in [2.05, 4.69) is 22.1 Å². The third kappa shape index (κ3) is 3.27. The fraction of sp³-hybridized carbons (Fsp3) is 0.471. The lowest BCUT2D eigenvalue weighted by molar-refractivity contribution is 0.180. The normalized spacial score (nSPS) is 17.8. The highest BCUT2D eigenvalue weighted by molar-refractivity contribution is 5.83. The second-order valence-corrected chi connectivity index (χ2v) is 5.93. The average Bonchev–Trinajstić information content (AvgIpc) is 2.53. The van der Waals surface area contributed by atoms with Crippen molar-refractivity contribution >= 4 is 16.6 Å². The van der Waals surface area contributed by atoms with Crippen LogP contribution < -0.4 is 10.9 Å². The van der Waals surface area contributed by atoms with Gasteiger partial charge in [-0.15, -0.1) is 0 Å². The molecule has 0 saturated carbocycles. The summed E-state index contributed by atoms with van der Waals surface area (Å²) in [4.78, 5) is 17.5. The van der Waals surface area contributed by atoms with Gasteiger partial charge in [0.1, 0.15) is 5.82 Å². The van der Waals surface area contributed by atoms with E-state index >= 15 is 0 Å². The minimum Gasteiger partial charge on any atom is -0.370 e. The number of nitrogens with zero attached hydrogens (tertiary/aromatic N) is 1. The molecule has 4 heteroatoms. The van der Waals surface area contributed by atoms with E-state index in [1.165, 1.54) is 32.4 Å². The van der Waals surface area contributed by atoms with Gasteiger partial charge in [-0.3, -0.25) is 9.69 Å². The number of nitrogens with one attached hydrogen (secondary N) is 2. The number of hydrogen-bond acceptors (Lipinski definition) is 3. The quantitative estimate of drug-likeness (QED) is 0.908. The standard InChI is InChI=1S/C17H23N3O/c1-13(20-9-5-2-6-10-20)12-18-16-11-14-7-3-4-8-15(14)17(21)19-16/h3-4,7-8,11,13H,2,5-6,9-10,12H2,1H3,(H2,18,19,21). The summed E-state index contributed by atoms with van der Waals surface area (Å²) in [6.45, 7) is 5.49. The lowest BCUT2D eigenvalue weighted by atomic mass is 10.1. The van der Waals surface area contributed by atoms with Crippen LogP contribution in [0, 0.1) is 0 Å². The number of likely N-dealkylation sites (tertiary alicyclic amines) is 1. The minimum atomic E-state index is -0.0266. The van der Waals surface area contributed by atoms with Crippen LogP contribution in [0.2, 0.25) is 0 Å². The van der Waals surface area contributed by atoms with E-state index in [1.54, 1.807) is 0 Å². The smallest absolute Gasteiger partial charge is 0.257 e. The second-order valence-electron chi connectivity index (χ2n) is 5.93. The van der Waals surface area contributed by atoms with Gasteiger partial charge in [0.25, 0.3) is 5.56 Å². The van der Waals surface area contributed by atoms with Crippen molar-refractivity contribution in [2.75, 3.05) is 25.0 Å². The molecule has 2 N–H and O–H groups in total. The summed E-state index contributed by atoms with van der Waals surface area (Å²) in [5.74, 6) is 0.808. The SMILES string of the molecule is CC(CNc1cc2ccccc2c(=O)[nH]1)N1CCCCC1. The predicted molar refractivity (Wildman–Crippen MR) is 87.9 cm³/mol. The number of hydrogen-bond donors (Lipinski definition) is 2. The molecule has 2 heterocycles. The predicted octanol–water partition coefficient (Wildman–Crippen LogP) is 2.81. The Morgan fingerprint density at radius 2 is 2.00 bits per heavy atom. The van der Waals surface area contributed by atoms with Crippen LogP contribution in [0.5, 0.6) is 0 Å². The molecule has 0 radical (unpaired) electrons. The maximum Gasteiger partial charge on any atom is 0.257 e. The molecule has 1 aliphatic heterocycles. The van der Waals surface area contributed by atoms with Gasteiger partial charge >= 0.3 is 0 Å². The molecule has 4 nitrogen and oxygen atoms in total. The lowest BCUT2D eigenvalue weighted by Gasteiger charge is -2.32. The van der Waals surface area contributed by atoms with Crippen LogP contribution in [0.4, 0.5) is 5.82 Å². The van der Waals surface area contributed by atoms with Crippen LogP contribution in [-0.2, 0) is 0 Å². The summed E-state index contributed by atoms with van der Waals surface area (Å²) in [6, 6.07) is 10.2. The van der Waals surface area contributed by atoms with E-state index in [4.69, 9.17) is 0 Å². The summed E-state index contributed by atoms with van der Waals surface area (Å²) in [5.41, 5.74) is -0.0266. The first kappa shape index (κ1) is 14.1. The number of benzene rings is 1. The van der Waals surface area contributed by atoms with Crippen molar-refractivity contribution in [2.45, 2.75) is 32.2 Å². The number of rotatable bonds is 4. The molecule has 1 aromatic carbocycles. The molecule has 2 aromatic rings. The molecule has 1 unspecified atom stereocenters. The van der Waals surface area contributed by atoms with E-state index in [9.17, 15) is 4.79 Å². The van der Waals surface area contributed by atoms with Crippen LogP contribution in [0.3, 0.4) is 0 Å². The van der Waals surface area contributed by atoms with Crippen molar-refractivity contribution in [2.24, 2.45) is 0 Å². The highest BCUT2D eigenvalue weighted by atomic mass is 16.1. The van der Waals surface area contributed by atoms with Gasteiger partial charge in [0.05, 0.1) is 0 Å². The fourth-order valence-corrected chi connectivity index (χ4v) is 3.05. The third-order valence-electron chi connectivity index (χ3n) is 4.36. The van der Waals surface area contributed by atoms with Crippen LogP contribution in [-0.4, -0.2) is 35.6 Å². The number of pyridine rings is 1. The van der Waals surface area contributed by atoms with Gasteiger partial charge in [-0.1, -0.05) is 24.6 Å². The molecule has 112 valence electrons. The number of piperidine rings is 1. The molecule has 1 aliphatic rings. The Labute approximate surface area is 125 Å². The summed E-state index contributed by atoms with van der Waals surface area (Å²) < 4.78 is 0. The summed E-state index contributed by atoms with van der Waals surface area (Å²) >= 11 is 0. The second kappa shape index (κ2) is 6.31. The van der Waals surface area contributed by atoms with Crippen molar-refractivity contribution in [1.82, 2.24) is 9.88 Å². The van der Waals surface area contributed by atoms with Crippen LogP contribution in [0.25, 0.3) is 10.8 Å². The van der Waals surface area contributed by atoms with Crippen molar-refractivity contribution in [3.8, 4) is 0 Å². The average molecular weight is 285 g/mol.